The number of hydrogen-bond acceptors (Lipinski definition) is 2. The molecule has 0 saturated carbocycles. The van der Waals surface area contributed by atoms with Crippen molar-refractivity contribution < 1.29 is 0 Å². The standard InChI is InChI=1S/C13H14BrNS/c1-9-5-6-11(14)8-12(9)15-10(2)13-4-3-7-16-13/h3-8,10,15H,1-2H3. The van der Waals surface area contributed by atoms with E-state index < -0.39 is 0 Å². The average Bonchev–Trinajstić information content (AvgIpc) is 2.76. The van der Waals surface area contributed by atoms with Crippen LogP contribution in [-0.2, 0) is 0 Å². The predicted octanol–water partition coefficient (Wildman–Crippen LogP) is 4.99. The molecule has 2 aromatic rings. The Bertz CT molecular complexity index is 465. The third-order valence-corrected chi connectivity index (χ3v) is 4.09. The van der Waals surface area contributed by atoms with Gasteiger partial charge in [0, 0.05) is 15.0 Å². The predicted molar refractivity (Wildman–Crippen MR) is 75.2 cm³/mol. The zero-order valence-corrected chi connectivity index (χ0v) is 11.7. The molecule has 1 aromatic carbocycles. The van der Waals surface area contributed by atoms with E-state index in [-0.39, 0.29) is 0 Å². The van der Waals surface area contributed by atoms with Crippen molar-refractivity contribution in [2.75, 3.05) is 5.32 Å². The molecule has 0 bridgehead atoms. The van der Waals surface area contributed by atoms with E-state index in [0.29, 0.717) is 6.04 Å². The quantitative estimate of drug-likeness (QED) is 0.841. The van der Waals surface area contributed by atoms with Gasteiger partial charge >= 0.3 is 0 Å². The highest BCUT2D eigenvalue weighted by atomic mass is 79.9. The molecule has 0 spiro atoms. The van der Waals surface area contributed by atoms with E-state index in [4.69, 9.17) is 0 Å². The lowest BCUT2D eigenvalue weighted by Gasteiger charge is -2.16. The van der Waals surface area contributed by atoms with Crippen molar-refractivity contribution in [3.63, 3.8) is 0 Å². The summed E-state index contributed by atoms with van der Waals surface area (Å²) in [6.45, 7) is 4.31. The number of nitrogens with one attached hydrogen (secondary N) is 1. The minimum atomic E-state index is 0.355. The lowest BCUT2D eigenvalue weighted by Crippen LogP contribution is -2.05. The van der Waals surface area contributed by atoms with Gasteiger partial charge in [0.2, 0.25) is 0 Å². The number of benzene rings is 1. The van der Waals surface area contributed by atoms with Gasteiger partial charge in [-0.1, -0.05) is 28.1 Å². The van der Waals surface area contributed by atoms with E-state index in [9.17, 15) is 0 Å². The maximum absolute atomic E-state index is 3.53. The molecule has 0 aliphatic carbocycles. The highest BCUT2D eigenvalue weighted by Crippen LogP contribution is 2.27. The smallest absolute Gasteiger partial charge is 0.0578 e. The summed E-state index contributed by atoms with van der Waals surface area (Å²) in [4.78, 5) is 1.36. The second-order valence-electron chi connectivity index (χ2n) is 3.84. The number of aryl methyl sites for hydroxylation is 1. The van der Waals surface area contributed by atoms with Crippen LogP contribution in [0.1, 0.15) is 23.4 Å². The first kappa shape index (κ1) is 11.7. The maximum atomic E-state index is 3.53. The van der Waals surface area contributed by atoms with Crippen molar-refractivity contribution in [1.82, 2.24) is 0 Å². The van der Waals surface area contributed by atoms with Crippen LogP contribution in [0.15, 0.2) is 40.2 Å². The molecule has 1 aromatic heterocycles. The molecule has 0 fully saturated rings. The van der Waals surface area contributed by atoms with Crippen molar-refractivity contribution in [2.45, 2.75) is 19.9 Å². The minimum absolute atomic E-state index is 0.355. The Kier molecular flexibility index (Phi) is 3.66. The summed E-state index contributed by atoms with van der Waals surface area (Å²) in [6, 6.07) is 10.9. The zero-order valence-electron chi connectivity index (χ0n) is 9.33. The summed E-state index contributed by atoms with van der Waals surface area (Å²) in [5, 5.41) is 5.65. The van der Waals surface area contributed by atoms with Gasteiger partial charge in [-0.3, -0.25) is 0 Å². The third kappa shape index (κ3) is 2.66. The molecule has 3 heteroatoms. The first-order valence-electron chi connectivity index (χ1n) is 5.23. The molecule has 16 heavy (non-hydrogen) atoms. The van der Waals surface area contributed by atoms with E-state index >= 15 is 0 Å². The Morgan fingerprint density at radius 3 is 2.81 bits per heavy atom. The summed E-state index contributed by atoms with van der Waals surface area (Å²) in [5.74, 6) is 0. The van der Waals surface area contributed by atoms with Gasteiger partial charge in [-0.25, -0.2) is 0 Å². The molecule has 1 nitrogen and oxygen atoms in total. The highest BCUT2D eigenvalue weighted by molar-refractivity contribution is 9.10. The molecule has 0 aliphatic heterocycles. The van der Waals surface area contributed by atoms with E-state index in [1.807, 2.05) is 0 Å². The maximum Gasteiger partial charge on any atom is 0.0578 e. The Labute approximate surface area is 109 Å². The molecule has 1 heterocycles. The molecule has 84 valence electrons. The molecular formula is C13H14BrNS. The Morgan fingerprint density at radius 2 is 2.12 bits per heavy atom. The van der Waals surface area contributed by atoms with E-state index in [2.05, 4.69) is 70.8 Å². The molecule has 0 radical (unpaired) electrons. The van der Waals surface area contributed by atoms with Crippen LogP contribution in [-0.4, -0.2) is 0 Å². The van der Waals surface area contributed by atoms with Crippen molar-refractivity contribution in [2.24, 2.45) is 0 Å². The van der Waals surface area contributed by atoms with Gasteiger partial charge < -0.3 is 5.32 Å². The summed E-state index contributed by atoms with van der Waals surface area (Å²) < 4.78 is 1.11. The topological polar surface area (TPSA) is 12.0 Å². The lowest BCUT2D eigenvalue weighted by molar-refractivity contribution is 0.905. The van der Waals surface area contributed by atoms with Crippen LogP contribution in [0, 0.1) is 6.92 Å². The van der Waals surface area contributed by atoms with Crippen molar-refractivity contribution >= 4 is 33.0 Å². The molecular weight excluding hydrogens is 282 g/mol. The number of rotatable bonds is 3. The molecule has 1 atom stereocenters. The van der Waals surface area contributed by atoms with Gasteiger partial charge in [0.05, 0.1) is 6.04 Å². The van der Waals surface area contributed by atoms with Crippen LogP contribution in [0.4, 0.5) is 5.69 Å². The summed E-state index contributed by atoms with van der Waals surface area (Å²) >= 11 is 5.28. The van der Waals surface area contributed by atoms with Crippen molar-refractivity contribution in [1.29, 1.82) is 0 Å². The zero-order chi connectivity index (χ0) is 11.5. The second kappa shape index (κ2) is 5.02. The van der Waals surface area contributed by atoms with Gasteiger partial charge in [-0.05, 0) is 43.0 Å². The van der Waals surface area contributed by atoms with Crippen molar-refractivity contribution in [3.8, 4) is 0 Å². The largest absolute Gasteiger partial charge is 0.377 e. The SMILES string of the molecule is Cc1ccc(Br)cc1NC(C)c1cccs1. The van der Waals surface area contributed by atoms with Gasteiger partial charge in [-0.15, -0.1) is 11.3 Å². The average molecular weight is 296 g/mol. The van der Waals surface area contributed by atoms with Gasteiger partial charge in [0.1, 0.15) is 0 Å². The number of anilines is 1. The fourth-order valence-electron chi connectivity index (χ4n) is 1.59. The van der Waals surface area contributed by atoms with E-state index in [1.165, 1.54) is 16.1 Å². The molecule has 0 aliphatic rings. The van der Waals surface area contributed by atoms with Gasteiger partial charge in [0.25, 0.3) is 0 Å². The first-order chi connectivity index (χ1) is 7.66. The first-order valence-corrected chi connectivity index (χ1v) is 6.90. The molecule has 0 amide bonds. The van der Waals surface area contributed by atoms with E-state index in [1.54, 1.807) is 11.3 Å². The molecule has 1 unspecified atom stereocenters. The Hall–Kier alpha value is -0.800. The van der Waals surface area contributed by atoms with Crippen LogP contribution in [0.2, 0.25) is 0 Å². The number of thiophene rings is 1. The molecule has 2 rings (SSSR count). The minimum Gasteiger partial charge on any atom is -0.377 e. The summed E-state index contributed by atoms with van der Waals surface area (Å²) in [7, 11) is 0. The van der Waals surface area contributed by atoms with Crippen molar-refractivity contribution in [3.05, 3.63) is 50.6 Å². The Morgan fingerprint density at radius 1 is 1.31 bits per heavy atom. The second-order valence-corrected chi connectivity index (χ2v) is 5.74. The summed E-state index contributed by atoms with van der Waals surface area (Å²) in [5.41, 5.74) is 2.46. The van der Waals surface area contributed by atoms with Gasteiger partial charge in [-0.2, -0.15) is 0 Å². The van der Waals surface area contributed by atoms with Crippen LogP contribution < -0.4 is 5.32 Å². The Balaban J connectivity index is 2.17. The van der Waals surface area contributed by atoms with E-state index in [0.717, 1.165) is 4.47 Å². The molecule has 1 N–H and O–H groups in total. The normalized spacial score (nSPS) is 12.4. The fraction of sp³-hybridized carbons (Fsp3) is 0.231. The number of hydrogen-bond donors (Lipinski definition) is 1. The third-order valence-electron chi connectivity index (χ3n) is 2.54. The fourth-order valence-corrected chi connectivity index (χ4v) is 2.69. The van der Waals surface area contributed by atoms with Crippen LogP contribution in [0.25, 0.3) is 0 Å². The monoisotopic (exact) mass is 295 g/mol. The van der Waals surface area contributed by atoms with Gasteiger partial charge in [0.15, 0.2) is 0 Å². The van der Waals surface area contributed by atoms with Crippen LogP contribution >= 0.6 is 27.3 Å². The van der Waals surface area contributed by atoms with Crippen LogP contribution in [0.5, 0.6) is 0 Å². The molecule has 0 saturated heterocycles. The summed E-state index contributed by atoms with van der Waals surface area (Å²) in [6.07, 6.45) is 0. The number of halogens is 1. The lowest BCUT2D eigenvalue weighted by atomic mass is 10.2. The highest BCUT2D eigenvalue weighted by Gasteiger charge is 2.07. The van der Waals surface area contributed by atoms with Crippen LogP contribution in [0.3, 0.4) is 0 Å².